The van der Waals surface area contributed by atoms with Crippen molar-refractivity contribution in [2.45, 2.75) is 51.2 Å². The zero-order chi connectivity index (χ0) is 16.8. The molecule has 1 N–H and O–H groups in total. The molecule has 2 unspecified atom stereocenters. The van der Waals surface area contributed by atoms with E-state index in [1.54, 1.807) is 6.92 Å². The number of nitrogens with zero attached hydrogens (tertiary/aromatic N) is 2. The first-order valence-corrected chi connectivity index (χ1v) is 8.29. The lowest BCUT2D eigenvalue weighted by atomic mass is 9.98. The molecule has 0 aliphatic carbocycles. The number of aryl methyl sites for hydroxylation is 1. The van der Waals surface area contributed by atoms with Crippen LogP contribution >= 0.6 is 0 Å². The molecule has 2 aliphatic heterocycles. The van der Waals surface area contributed by atoms with E-state index in [1.165, 1.54) is 12.1 Å². The van der Waals surface area contributed by atoms with Crippen LogP contribution in [0.15, 0.2) is 23.0 Å². The van der Waals surface area contributed by atoms with Gasteiger partial charge in [-0.15, -0.1) is 0 Å². The summed E-state index contributed by atoms with van der Waals surface area (Å²) >= 11 is 0. The number of halogens is 2. The minimum absolute atomic E-state index is 0.0539. The van der Waals surface area contributed by atoms with Gasteiger partial charge >= 0.3 is 0 Å². The first kappa shape index (κ1) is 15.4. The van der Waals surface area contributed by atoms with Gasteiger partial charge in [0.2, 0.25) is 0 Å². The van der Waals surface area contributed by atoms with Crippen LogP contribution in [0.1, 0.15) is 35.5 Å². The molecule has 1 aromatic heterocycles. The van der Waals surface area contributed by atoms with Crippen LogP contribution in [-0.2, 0) is 19.4 Å². The lowest BCUT2D eigenvalue weighted by molar-refractivity contribution is 0.187. The van der Waals surface area contributed by atoms with Gasteiger partial charge < -0.3 is 4.98 Å². The Kier molecular flexibility index (Phi) is 3.72. The summed E-state index contributed by atoms with van der Waals surface area (Å²) < 4.78 is 26.9. The molecule has 24 heavy (non-hydrogen) atoms. The van der Waals surface area contributed by atoms with E-state index in [9.17, 15) is 13.6 Å². The zero-order valence-corrected chi connectivity index (χ0v) is 13.5. The van der Waals surface area contributed by atoms with Crippen molar-refractivity contribution in [3.05, 3.63) is 62.8 Å². The first-order chi connectivity index (χ1) is 11.5. The number of aromatic nitrogens is 2. The monoisotopic (exact) mass is 331 g/mol. The van der Waals surface area contributed by atoms with Gasteiger partial charge in [0.15, 0.2) is 0 Å². The Hall–Kier alpha value is -2.08. The number of aromatic amines is 1. The molecule has 126 valence electrons. The molecular weight excluding hydrogens is 312 g/mol. The lowest BCUT2D eigenvalue weighted by Crippen LogP contribution is -2.36. The van der Waals surface area contributed by atoms with E-state index in [4.69, 9.17) is 0 Å². The largest absolute Gasteiger partial charge is 0.311 e. The molecule has 4 rings (SSSR count). The summed E-state index contributed by atoms with van der Waals surface area (Å²) in [5.41, 5.74) is 2.22. The van der Waals surface area contributed by atoms with Gasteiger partial charge in [0.25, 0.3) is 5.56 Å². The quantitative estimate of drug-likeness (QED) is 0.920. The summed E-state index contributed by atoms with van der Waals surface area (Å²) in [7, 11) is 0. The van der Waals surface area contributed by atoms with Crippen LogP contribution in [0, 0.1) is 18.6 Å². The van der Waals surface area contributed by atoms with Gasteiger partial charge in [-0.1, -0.05) is 0 Å². The summed E-state index contributed by atoms with van der Waals surface area (Å²) in [5.74, 6) is -0.469. The summed E-state index contributed by atoms with van der Waals surface area (Å²) in [6, 6.07) is 4.14. The molecule has 3 heterocycles. The van der Waals surface area contributed by atoms with E-state index in [1.807, 2.05) is 0 Å². The molecule has 2 bridgehead atoms. The summed E-state index contributed by atoms with van der Waals surface area (Å²) in [5, 5.41) is 0. The maximum atomic E-state index is 13.5. The minimum Gasteiger partial charge on any atom is -0.311 e. The van der Waals surface area contributed by atoms with Crippen LogP contribution < -0.4 is 5.56 Å². The van der Waals surface area contributed by atoms with Crippen LogP contribution in [0.25, 0.3) is 0 Å². The van der Waals surface area contributed by atoms with Crippen LogP contribution in [0.2, 0.25) is 0 Å². The van der Waals surface area contributed by atoms with Gasteiger partial charge in [0, 0.05) is 36.7 Å². The summed E-state index contributed by atoms with van der Waals surface area (Å²) in [6.45, 7) is 2.28. The normalized spacial score (nSPS) is 23.1. The number of hydrogen-bond donors (Lipinski definition) is 1. The second-order valence-electron chi connectivity index (χ2n) is 6.82. The number of nitrogens with one attached hydrogen (secondary N) is 1. The molecule has 0 amide bonds. The molecule has 2 aromatic rings. The molecule has 1 saturated heterocycles. The molecular formula is C18H19F2N3O. The van der Waals surface area contributed by atoms with Crippen molar-refractivity contribution in [1.82, 2.24) is 14.9 Å². The predicted octanol–water partition coefficient (Wildman–Crippen LogP) is 2.49. The van der Waals surface area contributed by atoms with Crippen LogP contribution in [-0.4, -0.2) is 27.0 Å². The second kappa shape index (κ2) is 5.77. The lowest BCUT2D eigenvalue weighted by Gasteiger charge is -2.27. The fourth-order valence-corrected chi connectivity index (χ4v) is 4.13. The third-order valence-corrected chi connectivity index (χ3v) is 5.15. The Morgan fingerprint density at radius 1 is 1.17 bits per heavy atom. The SMILES string of the molecule is Cc1nc2c(c(=O)[nH]1)CC1CCC(C2)N1Cc1cc(F)cc(F)c1. The van der Waals surface area contributed by atoms with Crippen molar-refractivity contribution in [1.29, 1.82) is 0 Å². The molecule has 0 radical (unpaired) electrons. The first-order valence-electron chi connectivity index (χ1n) is 8.29. The molecule has 0 saturated carbocycles. The summed E-state index contributed by atoms with van der Waals surface area (Å²) in [4.78, 5) is 21.8. The van der Waals surface area contributed by atoms with Gasteiger partial charge in [-0.25, -0.2) is 13.8 Å². The molecule has 0 spiro atoms. The zero-order valence-electron chi connectivity index (χ0n) is 13.5. The van der Waals surface area contributed by atoms with Crippen LogP contribution in [0.3, 0.4) is 0 Å². The van der Waals surface area contributed by atoms with Crippen molar-refractivity contribution >= 4 is 0 Å². The van der Waals surface area contributed by atoms with Crippen molar-refractivity contribution in [2.24, 2.45) is 0 Å². The van der Waals surface area contributed by atoms with Gasteiger partial charge in [-0.3, -0.25) is 9.69 Å². The van der Waals surface area contributed by atoms with E-state index >= 15 is 0 Å². The standard InChI is InChI=1S/C18H19F2N3O/c1-10-21-17-8-15-3-2-14(7-16(17)18(24)22-10)23(15)9-11-4-12(19)6-13(20)5-11/h4-6,14-15H,2-3,7-9H2,1H3,(H,21,22,24). The smallest absolute Gasteiger partial charge is 0.254 e. The average molecular weight is 331 g/mol. The van der Waals surface area contributed by atoms with Gasteiger partial charge in [-0.2, -0.15) is 0 Å². The Morgan fingerprint density at radius 2 is 1.83 bits per heavy atom. The number of hydrogen-bond acceptors (Lipinski definition) is 3. The van der Waals surface area contributed by atoms with Crippen molar-refractivity contribution < 1.29 is 8.78 Å². The second-order valence-corrected chi connectivity index (χ2v) is 6.82. The van der Waals surface area contributed by atoms with Crippen molar-refractivity contribution in [3.63, 3.8) is 0 Å². The highest BCUT2D eigenvalue weighted by Crippen LogP contribution is 2.33. The Bertz CT molecular complexity index is 828. The molecule has 1 aromatic carbocycles. The predicted molar refractivity (Wildman–Crippen MR) is 85.7 cm³/mol. The van der Waals surface area contributed by atoms with Crippen molar-refractivity contribution in [2.75, 3.05) is 0 Å². The molecule has 1 fully saturated rings. The fraction of sp³-hybridized carbons (Fsp3) is 0.444. The Balaban J connectivity index is 1.65. The van der Waals surface area contributed by atoms with Crippen LogP contribution in [0.5, 0.6) is 0 Å². The van der Waals surface area contributed by atoms with E-state index in [0.717, 1.165) is 30.2 Å². The van der Waals surface area contributed by atoms with Gasteiger partial charge in [-0.05, 0) is 43.9 Å². The number of fused-ring (bicyclic) bond motifs is 3. The number of H-pyrrole nitrogens is 1. The minimum atomic E-state index is -0.552. The molecule has 2 atom stereocenters. The number of benzene rings is 1. The van der Waals surface area contributed by atoms with Gasteiger partial charge in [0.05, 0.1) is 5.69 Å². The molecule has 6 heteroatoms. The molecule has 2 aliphatic rings. The maximum Gasteiger partial charge on any atom is 0.254 e. The van der Waals surface area contributed by atoms with E-state index in [0.29, 0.717) is 30.8 Å². The highest BCUT2D eigenvalue weighted by atomic mass is 19.1. The Morgan fingerprint density at radius 3 is 2.54 bits per heavy atom. The summed E-state index contributed by atoms with van der Waals surface area (Å²) in [6.07, 6.45) is 3.38. The molecule has 4 nitrogen and oxygen atoms in total. The third-order valence-electron chi connectivity index (χ3n) is 5.15. The number of rotatable bonds is 2. The average Bonchev–Trinajstić information content (AvgIpc) is 2.74. The maximum absolute atomic E-state index is 13.5. The van der Waals surface area contributed by atoms with E-state index in [-0.39, 0.29) is 17.6 Å². The van der Waals surface area contributed by atoms with Crippen molar-refractivity contribution in [3.8, 4) is 0 Å². The Labute approximate surface area is 138 Å². The fourth-order valence-electron chi connectivity index (χ4n) is 4.13. The van der Waals surface area contributed by atoms with Crippen LogP contribution in [0.4, 0.5) is 8.78 Å². The highest BCUT2D eigenvalue weighted by molar-refractivity contribution is 5.25. The highest BCUT2D eigenvalue weighted by Gasteiger charge is 2.38. The van der Waals surface area contributed by atoms with Gasteiger partial charge in [0.1, 0.15) is 17.5 Å². The third kappa shape index (κ3) is 2.75. The van der Waals surface area contributed by atoms with E-state index < -0.39 is 11.6 Å². The van der Waals surface area contributed by atoms with E-state index in [2.05, 4.69) is 14.9 Å². The topological polar surface area (TPSA) is 49.0 Å².